The quantitative estimate of drug-likeness (QED) is 0.639. The van der Waals surface area contributed by atoms with E-state index in [1.54, 1.807) is 17.0 Å². The van der Waals surface area contributed by atoms with Crippen molar-refractivity contribution < 1.29 is 18.0 Å². The van der Waals surface area contributed by atoms with Gasteiger partial charge in [0.15, 0.2) is 5.65 Å². The van der Waals surface area contributed by atoms with E-state index in [9.17, 15) is 18.0 Å². The molecule has 5 nitrogen and oxygen atoms in total. The molecule has 0 saturated carbocycles. The van der Waals surface area contributed by atoms with Gasteiger partial charge >= 0.3 is 6.18 Å². The zero-order valence-electron chi connectivity index (χ0n) is 16.3. The monoisotopic (exact) mass is 402 g/mol. The minimum absolute atomic E-state index is 0.224. The number of hydrogen-bond acceptors (Lipinski definition) is 4. The number of rotatable bonds is 5. The van der Waals surface area contributed by atoms with Crippen molar-refractivity contribution in [2.24, 2.45) is 0 Å². The van der Waals surface area contributed by atoms with Crippen LogP contribution < -0.4 is 5.32 Å². The van der Waals surface area contributed by atoms with Crippen LogP contribution in [0.1, 0.15) is 35.5 Å². The lowest BCUT2D eigenvalue weighted by Gasteiger charge is -2.21. The summed E-state index contributed by atoms with van der Waals surface area (Å²) in [4.78, 5) is 23.3. The molecule has 0 saturated heterocycles. The number of benzene rings is 1. The average molecular weight is 402 g/mol. The van der Waals surface area contributed by atoms with Crippen LogP contribution in [0.5, 0.6) is 0 Å². The lowest BCUT2D eigenvalue weighted by molar-refractivity contribution is -0.137. The van der Waals surface area contributed by atoms with E-state index < -0.39 is 11.7 Å². The Bertz CT molecular complexity index is 1050. The Balaban J connectivity index is 2.16. The fourth-order valence-corrected chi connectivity index (χ4v) is 3.07. The molecule has 0 aliphatic rings. The molecule has 0 aliphatic carbocycles. The van der Waals surface area contributed by atoms with Gasteiger partial charge in [-0.2, -0.15) is 13.2 Å². The van der Waals surface area contributed by atoms with E-state index in [1.807, 2.05) is 20.8 Å². The van der Waals surface area contributed by atoms with E-state index in [2.05, 4.69) is 15.3 Å². The van der Waals surface area contributed by atoms with E-state index in [0.717, 1.165) is 17.8 Å². The first kappa shape index (κ1) is 20.6. The highest BCUT2D eigenvalue weighted by Gasteiger charge is 2.30. The third-order valence-corrected chi connectivity index (χ3v) is 4.61. The van der Waals surface area contributed by atoms with E-state index >= 15 is 0 Å². The topological polar surface area (TPSA) is 58.1 Å². The van der Waals surface area contributed by atoms with Crippen molar-refractivity contribution in [1.82, 2.24) is 14.9 Å². The summed E-state index contributed by atoms with van der Waals surface area (Å²) in [7, 11) is 0. The first-order chi connectivity index (χ1) is 13.7. The number of halogens is 3. The zero-order chi connectivity index (χ0) is 21.2. The second-order valence-electron chi connectivity index (χ2n) is 6.55. The highest BCUT2D eigenvalue weighted by atomic mass is 19.4. The van der Waals surface area contributed by atoms with Gasteiger partial charge in [-0.25, -0.2) is 9.97 Å². The summed E-state index contributed by atoms with van der Waals surface area (Å²) in [5.41, 5.74) is 1.28. The summed E-state index contributed by atoms with van der Waals surface area (Å²) in [5, 5.41) is 3.57. The van der Waals surface area contributed by atoms with Gasteiger partial charge in [0.05, 0.1) is 16.8 Å². The molecule has 0 spiro atoms. The number of amides is 1. The Morgan fingerprint density at radius 1 is 1.14 bits per heavy atom. The lowest BCUT2D eigenvalue weighted by atomic mass is 10.1. The third-order valence-electron chi connectivity index (χ3n) is 4.61. The van der Waals surface area contributed by atoms with Crippen molar-refractivity contribution >= 4 is 28.3 Å². The fraction of sp³-hybridized carbons (Fsp3) is 0.286. The molecule has 29 heavy (non-hydrogen) atoms. The largest absolute Gasteiger partial charge is 0.416 e. The Labute approximate surface area is 166 Å². The molecular weight excluding hydrogens is 381 g/mol. The molecule has 0 aliphatic heterocycles. The van der Waals surface area contributed by atoms with Crippen LogP contribution in [-0.4, -0.2) is 33.9 Å². The number of fused-ring (bicyclic) bond motifs is 1. The molecule has 0 bridgehead atoms. The van der Waals surface area contributed by atoms with Gasteiger partial charge in [0.25, 0.3) is 5.91 Å². The van der Waals surface area contributed by atoms with Crippen LogP contribution in [-0.2, 0) is 6.18 Å². The minimum atomic E-state index is -4.46. The molecule has 0 fully saturated rings. The number of hydrogen-bond donors (Lipinski definition) is 1. The van der Waals surface area contributed by atoms with Crippen LogP contribution >= 0.6 is 0 Å². The van der Waals surface area contributed by atoms with Crippen LogP contribution in [0, 0.1) is 6.92 Å². The van der Waals surface area contributed by atoms with Crippen molar-refractivity contribution in [3.63, 3.8) is 0 Å². The Kier molecular flexibility index (Phi) is 5.72. The van der Waals surface area contributed by atoms with Crippen LogP contribution in [0.2, 0.25) is 0 Å². The van der Waals surface area contributed by atoms with Gasteiger partial charge in [-0.1, -0.05) is 6.07 Å². The summed E-state index contributed by atoms with van der Waals surface area (Å²) in [6.07, 6.45) is -3.04. The van der Waals surface area contributed by atoms with Gasteiger partial charge in [0.1, 0.15) is 0 Å². The van der Waals surface area contributed by atoms with Crippen LogP contribution in [0.3, 0.4) is 0 Å². The van der Waals surface area contributed by atoms with E-state index in [1.165, 1.54) is 18.3 Å². The number of alkyl halides is 3. The Morgan fingerprint density at radius 2 is 1.86 bits per heavy atom. The predicted molar refractivity (Wildman–Crippen MR) is 106 cm³/mol. The standard InChI is InChI=1S/C21H21F3N4O/c1-4-28(5-2)20(29)17-12-25-19-16(10-9-13(3)26-19)18(17)27-15-8-6-7-14(11-15)21(22,23)24/h6-12H,4-5H2,1-3H3,(H,25,26,27). The number of anilines is 2. The molecule has 3 aromatic rings. The molecular formula is C21H21F3N4O. The van der Waals surface area contributed by atoms with Crippen LogP contribution in [0.15, 0.2) is 42.6 Å². The van der Waals surface area contributed by atoms with E-state index in [0.29, 0.717) is 29.8 Å². The van der Waals surface area contributed by atoms with Crippen LogP contribution in [0.4, 0.5) is 24.5 Å². The molecule has 2 heterocycles. The predicted octanol–water partition coefficient (Wildman–Crippen LogP) is 5.18. The first-order valence-electron chi connectivity index (χ1n) is 9.24. The van der Waals surface area contributed by atoms with Gasteiger partial charge < -0.3 is 10.2 Å². The van der Waals surface area contributed by atoms with Crippen molar-refractivity contribution in [3.05, 3.63) is 59.4 Å². The maximum atomic E-state index is 13.1. The minimum Gasteiger partial charge on any atom is -0.354 e. The smallest absolute Gasteiger partial charge is 0.354 e. The molecule has 3 rings (SSSR count). The number of nitrogens with zero attached hydrogens (tertiary/aromatic N) is 3. The summed E-state index contributed by atoms with van der Waals surface area (Å²) in [6.45, 7) is 6.54. The first-order valence-corrected chi connectivity index (χ1v) is 9.24. The number of carbonyl (C=O) groups is 1. The fourth-order valence-electron chi connectivity index (χ4n) is 3.07. The highest BCUT2D eigenvalue weighted by Crippen LogP contribution is 2.34. The van der Waals surface area contributed by atoms with Crippen molar-refractivity contribution in [2.75, 3.05) is 18.4 Å². The maximum Gasteiger partial charge on any atom is 0.416 e. The van der Waals surface area contributed by atoms with E-state index in [4.69, 9.17) is 0 Å². The number of carbonyl (C=O) groups excluding carboxylic acids is 1. The molecule has 0 radical (unpaired) electrons. The Morgan fingerprint density at radius 3 is 2.52 bits per heavy atom. The van der Waals surface area contributed by atoms with Crippen LogP contribution in [0.25, 0.3) is 11.0 Å². The number of pyridine rings is 2. The summed E-state index contributed by atoms with van der Waals surface area (Å²) < 4.78 is 39.3. The second kappa shape index (κ2) is 8.06. The molecule has 0 unspecified atom stereocenters. The molecule has 152 valence electrons. The van der Waals surface area contributed by atoms with E-state index in [-0.39, 0.29) is 17.2 Å². The summed E-state index contributed by atoms with van der Waals surface area (Å²) in [5.74, 6) is -0.251. The lowest BCUT2D eigenvalue weighted by Crippen LogP contribution is -2.31. The van der Waals surface area contributed by atoms with Gasteiger partial charge in [0, 0.05) is 36.1 Å². The molecule has 8 heteroatoms. The van der Waals surface area contributed by atoms with Gasteiger partial charge in [-0.15, -0.1) is 0 Å². The number of nitrogens with one attached hydrogen (secondary N) is 1. The zero-order valence-corrected chi connectivity index (χ0v) is 16.3. The second-order valence-corrected chi connectivity index (χ2v) is 6.55. The number of aromatic nitrogens is 2. The maximum absolute atomic E-state index is 13.1. The molecule has 1 aromatic carbocycles. The third kappa shape index (κ3) is 4.31. The molecule has 1 N–H and O–H groups in total. The summed E-state index contributed by atoms with van der Waals surface area (Å²) in [6, 6.07) is 8.40. The number of aryl methyl sites for hydroxylation is 1. The molecule has 2 aromatic heterocycles. The summed E-state index contributed by atoms with van der Waals surface area (Å²) >= 11 is 0. The average Bonchev–Trinajstić information content (AvgIpc) is 2.68. The highest BCUT2D eigenvalue weighted by molar-refractivity contribution is 6.07. The normalized spacial score (nSPS) is 11.5. The van der Waals surface area contributed by atoms with Crippen molar-refractivity contribution in [1.29, 1.82) is 0 Å². The molecule has 1 amide bonds. The molecule has 0 atom stereocenters. The van der Waals surface area contributed by atoms with Gasteiger partial charge in [-0.05, 0) is 51.1 Å². The van der Waals surface area contributed by atoms with Crippen molar-refractivity contribution in [2.45, 2.75) is 26.9 Å². The van der Waals surface area contributed by atoms with Gasteiger partial charge in [-0.3, -0.25) is 4.79 Å². The van der Waals surface area contributed by atoms with Crippen molar-refractivity contribution in [3.8, 4) is 0 Å². The Hall–Kier alpha value is -3.16. The SMILES string of the molecule is CCN(CC)C(=O)c1cnc2nc(C)ccc2c1Nc1cccc(C(F)(F)F)c1. The van der Waals surface area contributed by atoms with Gasteiger partial charge in [0.2, 0.25) is 0 Å².